The van der Waals surface area contributed by atoms with Crippen LogP contribution < -0.4 is 9.62 Å². The standard InChI is InChI=1S/C38H41Cl2N3O4S/c1-3-30-13-7-10-16-35(30)43(48(46,47)32-20-17-27(2)18-21-32)26-37(44)42(25-29-19-22-33(39)34(40)23-29)36(24-28-11-5-4-6-12-28)38(45)41-31-14-8-9-15-31/h4-7,10-13,16-23,31,36H,3,8-9,14-15,24-26H2,1-2H3,(H,41,45). The number of nitrogens with one attached hydrogen (secondary N) is 1. The molecule has 0 saturated heterocycles. The number of halogens is 2. The van der Waals surface area contributed by atoms with Gasteiger partial charge in [0.25, 0.3) is 10.0 Å². The highest BCUT2D eigenvalue weighted by molar-refractivity contribution is 7.92. The van der Waals surface area contributed by atoms with Gasteiger partial charge in [-0.25, -0.2) is 8.42 Å². The van der Waals surface area contributed by atoms with Gasteiger partial charge in [-0.05, 0) is 73.2 Å². The number of aryl methyl sites for hydroxylation is 2. The summed E-state index contributed by atoms with van der Waals surface area (Å²) >= 11 is 12.6. The maximum atomic E-state index is 14.8. The number of para-hydroxylation sites is 1. The van der Waals surface area contributed by atoms with E-state index in [0.29, 0.717) is 27.7 Å². The van der Waals surface area contributed by atoms with Crippen molar-refractivity contribution in [3.63, 3.8) is 0 Å². The summed E-state index contributed by atoms with van der Waals surface area (Å²) in [4.78, 5) is 30.5. The van der Waals surface area contributed by atoms with E-state index in [0.717, 1.165) is 42.4 Å². The Bertz CT molecular complexity index is 1830. The molecule has 1 aliphatic carbocycles. The van der Waals surface area contributed by atoms with Crippen LogP contribution in [0.2, 0.25) is 10.0 Å². The first-order valence-corrected chi connectivity index (χ1v) is 18.5. The minimum atomic E-state index is -4.19. The van der Waals surface area contributed by atoms with Crippen molar-refractivity contribution in [3.05, 3.63) is 129 Å². The topological polar surface area (TPSA) is 86.8 Å². The third-order valence-corrected chi connectivity index (χ3v) is 11.4. The quantitative estimate of drug-likeness (QED) is 0.154. The summed E-state index contributed by atoms with van der Waals surface area (Å²) in [6.07, 6.45) is 4.61. The Labute approximate surface area is 293 Å². The minimum absolute atomic E-state index is 0.0130. The second-order valence-electron chi connectivity index (χ2n) is 12.3. The van der Waals surface area contributed by atoms with E-state index in [4.69, 9.17) is 23.2 Å². The number of carbonyl (C=O) groups excluding carboxylic acids is 2. The predicted octanol–water partition coefficient (Wildman–Crippen LogP) is 7.76. The Hall–Kier alpha value is -3.85. The van der Waals surface area contributed by atoms with Crippen molar-refractivity contribution in [1.29, 1.82) is 0 Å². The van der Waals surface area contributed by atoms with E-state index in [-0.39, 0.29) is 29.8 Å². The lowest BCUT2D eigenvalue weighted by molar-refractivity contribution is -0.140. The summed E-state index contributed by atoms with van der Waals surface area (Å²) in [6.45, 7) is 3.32. The SMILES string of the molecule is CCc1ccccc1N(CC(=O)N(Cc1ccc(Cl)c(Cl)c1)C(Cc1ccccc1)C(=O)NC1CCCC1)S(=O)(=O)c1ccc(C)cc1. The van der Waals surface area contributed by atoms with Gasteiger partial charge in [-0.3, -0.25) is 13.9 Å². The normalized spacial score (nSPS) is 14.0. The number of amides is 2. The molecular weight excluding hydrogens is 665 g/mol. The average molecular weight is 707 g/mol. The van der Waals surface area contributed by atoms with Crippen molar-refractivity contribution in [2.75, 3.05) is 10.8 Å². The first-order valence-electron chi connectivity index (χ1n) is 16.3. The fourth-order valence-corrected chi connectivity index (χ4v) is 7.93. The van der Waals surface area contributed by atoms with Gasteiger partial charge in [0.05, 0.1) is 20.6 Å². The van der Waals surface area contributed by atoms with E-state index in [9.17, 15) is 18.0 Å². The number of rotatable bonds is 13. The lowest BCUT2D eigenvalue weighted by Gasteiger charge is -2.34. The molecular formula is C38H41Cl2N3O4S. The molecule has 1 atom stereocenters. The monoisotopic (exact) mass is 705 g/mol. The molecule has 0 aliphatic heterocycles. The molecule has 7 nitrogen and oxygen atoms in total. The summed E-state index contributed by atoms with van der Waals surface area (Å²) in [5, 5.41) is 3.88. The summed E-state index contributed by atoms with van der Waals surface area (Å²) < 4.78 is 29.9. The molecule has 1 aliphatic rings. The zero-order chi connectivity index (χ0) is 34.3. The zero-order valence-corrected chi connectivity index (χ0v) is 29.6. The molecule has 0 aromatic heterocycles. The van der Waals surface area contributed by atoms with Gasteiger partial charge in [0, 0.05) is 19.0 Å². The molecule has 10 heteroatoms. The lowest BCUT2D eigenvalue weighted by atomic mass is 10.0. The smallest absolute Gasteiger partial charge is 0.264 e. The second kappa shape index (κ2) is 16.0. The van der Waals surface area contributed by atoms with Crippen LogP contribution in [0.3, 0.4) is 0 Å². The van der Waals surface area contributed by atoms with Gasteiger partial charge in [0.1, 0.15) is 12.6 Å². The van der Waals surface area contributed by atoms with Gasteiger partial charge in [-0.2, -0.15) is 0 Å². The molecule has 0 heterocycles. The zero-order valence-electron chi connectivity index (χ0n) is 27.2. The van der Waals surface area contributed by atoms with Crippen molar-refractivity contribution in [2.45, 2.75) is 75.9 Å². The highest BCUT2D eigenvalue weighted by atomic mass is 35.5. The van der Waals surface area contributed by atoms with Crippen molar-refractivity contribution in [2.24, 2.45) is 0 Å². The second-order valence-corrected chi connectivity index (χ2v) is 14.9. The van der Waals surface area contributed by atoms with Gasteiger partial charge >= 0.3 is 0 Å². The van der Waals surface area contributed by atoms with Crippen molar-refractivity contribution in [1.82, 2.24) is 10.2 Å². The van der Waals surface area contributed by atoms with E-state index in [1.807, 2.05) is 56.3 Å². The average Bonchev–Trinajstić information content (AvgIpc) is 3.60. The fourth-order valence-electron chi connectivity index (χ4n) is 6.16. The Morgan fingerprint density at radius 1 is 0.854 bits per heavy atom. The third kappa shape index (κ3) is 8.59. The Morgan fingerprint density at radius 2 is 1.52 bits per heavy atom. The molecule has 0 bridgehead atoms. The van der Waals surface area contributed by atoms with Gasteiger partial charge < -0.3 is 10.2 Å². The highest BCUT2D eigenvalue weighted by Gasteiger charge is 2.36. The minimum Gasteiger partial charge on any atom is -0.352 e. The highest BCUT2D eigenvalue weighted by Crippen LogP contribution is 2.30. The van der Waals surface area contributed by atoms with Crippen LogP contribution in [0, 0.1) is 6.92 Å². The summed E-state index contributed by atoms with van der Waals surface area (Å²) in [6, 6.07) is 27.5. The maximum Gasteiger partial charge on any atom is 0.264 e. The van der Waals surface area contributed by atoms with Crippen LogP contribution in [0.4, 0.5) is 5.69 Å². The van der Waals surface area contributed by atoms with Crippen molar-refractivity contribution < 1.29 is 18.0 Å². The number of sulfonamides is 1. The van der Waals surface area contributed by atoms with Crippen molar-refractivity contribution >= 4 is 50.7 Å². The number of hydrogen-bond acceptors (Lipinski definition) is 4. The Balaban J connectivity index is 1.60. The van der Waals surface area contributed by atoms with E-state index >= 15 is 0 Å². The molecule has 252 valence electrons. The molecule has 48 heavy (non-hydrogen) atoms. The molecule has 4 aromatic carbocycles. The molecule has 4 aromatic rings. The molecule has 1 saturated carbocycles. The molecule has 1 N–H and O–H groups in total. The van der Waals surface area contributed by atoms with Crippen LogP contribution in [-0.2, 0) is 39.0 Å². The van der Waals surface area contributed by atoms with E-state index in [2.05, 4.69) is 5.32 Å². The first kappa shape index (κ1) is 35.5. The number of carbonyl (C=O) groups is 2. The van der Waals surface area contributed by atoms with Gasteiger partial charge in [0.2, 0.25) is 11.8 Å². The van der Waals surface area contributed by atoms with E-state index in [1.54, 1.807) is 54.6 Å². The molecule has 1 unspecified atom stereocenters. The lowest BCUT2D eigenvalue weighted by Crippen LogP contribution is -2.54. The van der Waals surface area contributed by atoms with Crippen molar-refractivity contribution in [3.8, 4) is 0 Å². The van der Waals surface area contributed by atoms with Gasteiger partial charge in [0.15, 0.2) is 0 Å². The Morgan fingerprint density at radius 3 is 2.19 bits per heavy atom. The maximum absolute atomic E-state index is 14.8. The van der Waals surface area contributed by atoms with Crippen LogP contribution >= 0.6 is 23.2 Å². The Kier molecular flexibility index (Phi) is 11.8. The van der Waals surface area contributed by atoms with Gasteiger partial charge in [-0.1, -0.05) is 115 Å². The first-order chi connectivity index (χ1) is 23.1. The number of benzene rings is 4. The molecule has 1 fully saturated rings. The molecule has 0 spiro atoms. The van der Waals surface area contributed by atoms with E-state index < -0.39 is 28.5 Å². The van der Waals surface area contributed by atoms with Crippen LogP contribution in [0.15, 0.2) is 102 Å². The molecule has 0 radical (unpaired) electrons. The number of hydrogen-bond donors (Lipinski definition) is 1. The molecule has 2 amide bonds. The van der Waals surface area contributed by atoms with Crippen LogP contribution in [0.25, 0.3) is 0 Å². The third-order valence-electron chi connectivity index (χ3n) is 8.84. The van der Waals surface area contributed by atoms with Crippen LogP contribution in [0.1, 0.15) is 54.9 Å². The predicted molar refractivity (Wildman–Crippen MR) is 193 cm³/mol. The summed E-state index contributed by atoms with van der Waals surface area (Å²) in [7, 11) is -4.19. The van der Waals surface area contributed by atoms with Crippen LogP contribution in [-0.4, -0.2) is 43.8 Å². The van der Waals surface area contributed by atoms with Gasteiger partial charge in [-0.15, -0.1) is 0 Å². The largest absolute Gasteiger partial charge is 0.352 e. The fraction of sp³-hybridized carbons (Fsp3) is 0.316. The summed E-state index contributed by atoms with van der Waals surface area (Å²) in [5.74, 6) is -0.800. The summed E-state index contributed by atoms with van der Waals surface area (Å²) in [5.41, 5.74) is 3.63. The van der Waals surface area contributed by atoms with Crippen LogP contribution in [0.5, 0.6) is 0 Å². The number of anilines is 1. The van der Waals surface area contributed by atoms with E-state index in [1.165, 1.54) is 9.21 Å². The molecule has 5 rings (SSSR count). The number of nitrogens with zero attached hydrogens (tertiary/aromatic N) is 2.